The van der Waals surface area contributed by atoms with Gasteiger partial charge in [0.2, 0.25) is 6.29 Å². The number of carbonyl (C=O) groups is 2. The smallest absolute Gasteiger partial charge is 0.341 e. The van der Waals surface area contributed by atoms with Crippen molar-refractivity contribution in [3.63, 3.8) is 0 Å². The fraction of sp³-hybridized carbons (Fsp3) is 0.500. The minimum atomic E-state index is -2.79. The van der Waals surface area contributed by atoms with Gasteiger partial charge in [0.25, 0.3) is 8.32 Å². The van der Waals surface area contributed by atoms with E-state index in [1.807, 2.05) is 32.9 Å². The molecule has 0 unspecified atom stereocenters. The Balaban J connectivity index is 1.79. The number of hydrogen-bond donors (Lipinski definition) is 0. The molecule has 4 atom stereocenters. The second-order valence-corrected chi connectivity index (χ2v) is 18.3. The van der Waals surface area contributed by atoms with Crippen LogP contribution in [-0.4, -0.2) is 45.4 Å². The van der Waals surface area contributed by atoms with Gasteiger partial charge in [0, 0.05) is 16.9 Å². The van der Waals surface area contributed by atoms with Crippen molar-refractivity contribution in [2.24, 2.45) is 17.3 Å². The minimum absolute atomic E-state index is 0.0166. The van der Waals surface area contributed by atoms with Crippen molar-refractivity contribution >= 4 is 30.6 Å². The average Bonchev–Trinajstić information content (AvgIpc) is 3.28. The summed E-state index contributed by atoms with van der Waals surface area (Å²) in [7, 11) is -2.79. The van der Waals surface area contributed by atoms with Gasteiger partial charge >= 0.3 is 11.9 Å². The fourth-order valence-corrected chi connectivity index (χ4v) is 10.9. The van der Waals surface area contributed by atoms with Gasteiger partial charge in [0.05, 0.1) is 13.2 Å². The van der Waals surface area contributed by atoms with Crippen LogP contribution in [0, 0.1) is 17.3 Å². The van der Waals surface area contributed by atoms with Gasteiger partial charge in [-0.05, 0) is 47.2 Å². The quantitative estimate of drug-likeness (QED) is 0.152. The third kappa shape index (κ3) is 6.45. The van der Waals surface area contributed by atoms with Crippen molar-refractivity contribution in [1.29, 1.82) is 0 Å². The van der Waals surface area contributed by atoms with E-state index in [1.165, 1.54) is 10.4 Å². The largest absolute Gasteiger partial charge is 0.463 e. The number of carbonyl (C=O) groups excluding carboxylic acids is 2. The first-order valence-corrected chi connectivity index (χ1v) is 17.3. The summed E-state index contributed by atoms with van der Waals surface area (Å²) in [6.07, 6.45) is 3.61. The van der Waals surface area contributed by atoms with Gasteiger partial charge in [0.1, 0.15) is 0 Å². The van der Waals surface area contributed by atoms with E-state index in [2.05, 4.69) is 82.3 Å². The molecule has 2 aromatic rings. The molecule has 1 aliphatic carbocycles. The number of esters is 2. The van der Waals surface area contributed by atoms with E-state index in [0.717, 1.165) is 5.57 Å². The highest BCUT2D eigenvalue weighted by atomic mass is 28.4. The van der Waals surface area contributed by atoms with Crippen LogP contribution in [0.3, 0.4) is 0 Å². The first-order chi connectivity index (χ1) is 20.2. The maximum Gasteiger partial charge on any atom is 0.341 e. The first-order valence-electron chi connectivity index (χ1n) is 15.4. The monoisotopic (exact) mass is 604 g/mol. The lowest BCUT2D eigenvalue weighted by Crippen LogP contribution is -2.66. The molecule has 1 aliphatic heterocycles. The molecule has 1 saturated heterocycles. The summed E-state index contributed by atoms with van der Waals surface area (Å²) in [4.78, 5) is 26.3. The van der Waals surface area contributed by atoms with Crippen molar-refractivity contribution in [3.8, 4) is 0 Å². The van der Waals surface area contributed by atoms with Gasteiger partial charge in [-0.15, -0.1) is 0 Å². The van der Waals surface area contributed by atoms with Crippen LogP contribution in [-0.2, 0) is 28.2 Å². The molecule has 2 aliphatic rings. The molecule has 0 N–H and O–H groups in total. The summed E-state index contributed by atoms with van der Waals surface area (Å²) in [6, 6.07) is 21.1. The van der Waals surface area contributed by atoms with Crippen molar-refractivity contribution in [2.75, 3.05) is 13.2 Å². The molecule has 0 radical (unpaired) electrons. The highest BCUT2D eigenvalue weighted by Crippen LogP contribution is 2.48. The Morgan fingerprint density at radius 3 is 2.02 bits per heavy atom. The lowest BCUT2D eigenvalue weighted by molar-refractivity contribution is -0.158. The Hall–Kier alpha value is -3.00. The van der Waals surface area contributed by atoms with Gasteiger partial charge < -0.3 is 18.6 Å². The number of cyclic esters (lactones) is 1. The molecule has 1 heterocycles. The van der Waals surface area contributed by atoms with Crippen LogP contribution in [0.2, 0.25) is 5.04 Å². The van der Waals surface area contributed by atoms with Crippen molar-refractivity contribution in [3.05, 3.63) is 84.0 Å². The zero-order chi connectivity index (χ0) is 31.6. The standard InChI is InChI=1S/C36H48O6Si/c1-10-39-31(37)25(2)21-28-22-27(26(3)23-36(28)32(38)41-33(42-36)34(4,5)6)24-40-43(35(7,8)9,29-17-13-11-14-18-29)30-19-15-12-16-20-30/h11-22,26,28,33H,10,23-24H2,1-9H3/b25-21+/t26-,28+,33+,36+/m1/s1. The Kier molecular flexibility index (Phi) is 9.60. The normalized spacial score (nSPS) is 25.0. The Morgan fingerprint density at radius 2 is 1.56 bits per heavy atom. The second-order valence-electron chi connectivity index (χ2n) is 14.0. The van der Waals surface area contributed by atoms with E-state index in [9.17, 15) is 9.59 Å². The lowest BCUT2D eigenvalue weighted by Gasteiger charge is -2.44. The summed E-state index contributed by atoms with van der Waals surface area (Å²) in [5.41, 5.74) is -0.123. The summed E-state index contributed by atoms with van der Waals surface area (Å²) in [5, 5.41) is 2.24. The molecule has 43 heavy (non-hydrogen) atoms. The maximum atomic E-state index is 13.6. The Bertz CT molecular complexity index is 1310. The fourth-order valence-electron chi connectivity index (χ4n) is 6.32. The van der Waals surface area contributed by atoms with Crippen LogP contribution in [0.4, 0.5) is 0 Å². The topological polar surface area (TPSA) is 71.1 Å². The van der Waals surface area contributed by atoms with Gasteiger partial charge in [-0.25, -0.2) is 9.59 Å². The van der Waals surface area contributed by atoms with E-state index in [1.54, 1.807) is 19.9 Å². The molecule has 0 amide bonds. The molecule has 0 saturated carbocycles. The van der Waals surface area contributed by atoms with Crippen molar-refractivity contribution in [2.45, 2.75) is 85.7 Å². The minimum Gasteiger partial charge on any atom is -0.463 e. The van der Waals surface area contributed by atoms with Crippen LogP contribution in [0.5, 0.6) is 0 Å². The van der Waals surface area contributed by atoms with Gasteiger partial charge in [-0.3, -0.25) is 0 Å². The number of benzene rings is 2. The highest BCUT2D eigenvalue weighted by Gasteiger charge is 2.59. The van der Waals surface area contributed by atoms with Gasteiger partial charge in [0.15, 0.2) is 5.60 Å². The summed E-state index contributed by atoms with van der Waals surface area (Å²) >= 11 is 0. The number of ether oxygens (including phenoxy) is 3. The zero-order valence-corrected chi connectivity index (χ0v) is 28.2. The highest BCUT2D eigenvalue weighted by molar-refractivity contribution is 6.99. The second kappa shape index (κ2) is 12.5. The van der Waals surface area contributed by atoms with Gasteiger partial charge in [-0.2, -0.15) is 0 Å². The van der Waals surface area contributed by atoms with E-state index < -0.39 is 37.5 Å². The lowest BCUT2D eigenvalue weighted by atomic mass is 9.71. The van der Waals surface area contributed by atoms with Crippen LogP contribution in [0.1, 0.15) is 68.7 Å². The predicted molar refractivity (Wildman–Crippen MR) is 172 cm³/mol. The Labute approximate surface area is 258 Å². The molecular formula is C36H48O6Si. The van der Waals surface area contributed by atoms with Crippen LogP contribution in [0.15, 0.2) is 84.0 Å². The molecule has 2 aromatic carbocycles. The molecule has 7 heteroatoms. The van der Waals surface area contributed by atoms with Crippen LogP contribution < -0.4 is 10.4 Å². The maximum absolute atomic E-state index is 13.6. The average molecular weight is 605 g/mol. The molecule has 6 nitrogen and oxygen atoms in total. The van der Waals surface area contributed by atoms with E-state index >= 15 is 0 Å². The van der Waals surface area contributed by atoms with E-state index in [4.69, 9.17) is 18.6 Å². The van der Waals surface area contributed by atoms with Crippen molar-refractivity contribution in [1.82, 2.24) is 0 Å². The van der Waals surface area contributed by atoms with Gasteiger partial charge in [-0.1, -0.05) is 121 Å². The third-order valence-electron chi connectivity index (χ3n) is 8.66. The zero-order valence-electron chi connectivity index (χ0n) is 27.2. The number of hydrogen-bond acceptors (Lipinski definition) is 6. The first kappa shape index (κ1) is 32.9. The summed E-state index contributed by atoms with van der Waals surface area (Å²) in [5.74, 6) is -1.34. The summed E-state index contributed by atoms with van der Waals surface area (Å²) < 4.78 is 24.9. The predicted octanol–water partition coefficient (Wildman–Crippen LogP) is 6.34. The molecular weight excluding hydrogens is 556 g/mol. The molecule has 0 bridgehead atoms. The van der Waals surface area contributed by atoms with E-state index in [0.29, 0.717) is 18.6 Å². The van der Waals surface area contributed by atoms with E-state index in [-0.39, 0.29) is 23.5 Å². The number of rotatable bonds is 8. The summed E-state index contributed by atoms with van der Waals surface area (Å²) in [6.45, 7) is 19.0. The molecule has 0 aromatic heterocycles. The molecule has 4 rings (SSSR count). The molecule has 1 spiro atoms. The Morgan fingerprint density at radius 1 is 1.00 bits per heavy atom. The van der Waals surface area contributed by atoms with Crippen molar-refractivity contribution < 1.29 is 28.2 Å². The SMILES string of the molecule is CCOC(=O)/C(C)=C/[C@H]1C=C(CO[Si](c2ccccc2)(c2ccccc2)C(C)(C)C)[C@H](C)C[C@]12O[C@@H](C(C)(C)C)OC2=O. The molecule has 232 valence electrons. The third-order valence-corrected chi connectivity index (χ3v) is 13.6. The van der Waals surface area contributed by atoms with Crippen LogP contribution in [0.25, 0.3) is 0 Å². The van der Waals surface area contributed by atoms with Crippen LogP contribution >= 0.6 is 0 Å². The molecule has 1 fully saturated rings.